The minimum Gasteiger partial charge on any atom is -0.381 e. The second-order valence-corrected chi connectivity index (χ2v) is 7.04. The molecule has 2 amide bonds. The fourth-order valence-electron chi connectivity index (χ4n) is 3.28. The highest BCUT2D eigenvalue weighted by Gasteiger charge is 2.57. The lowest BCUT2D eigenvalue weighted by Gasteiger charge is -2.17. The predicted octanol–water partition coefficient (Wildman–Crippen LogP) is 4.30. The molecule has 2 aliphatic rings. The van der Waals surface area contributed by atoms with Gasteiger partial charge in [0.25, 0.3) is 5.91 Å². The van der Waals surface area contributed by atoms with Gasteiger partial charge in [0.05, 0.1) is 11.3 Å². The summed E-state index contributed by atoms with van der Waals surface area (Å²) in [6.45, 7) is 0. The van der Waals surface area contributed by atoms with Gasteiger partial charge in [-0.1, -0.05) is 46.6 Å². The molecule has 0 aliphatic carbocycles. The number of nitrogens with zero attached hydrogens (tertiary/aromatic N) is 2. The molecular weight excluding hydrogens is 420 g/mol. The van der Waals surface area contributed by atoms with Crippen LogP contribution in [-0.4, -0.2) is 23.6 Å². The lowest BCUT2D eigenvalue weighted by atomic mass is 9.91. The Morgan fingerprint density at radius 1 is 1.00 bits per heavy atom. The first-order chi connectivity index (χ1) is 13.2. The van der Waals surface area contributed by atoms with Gasteiger partial charge in [0, 0.05) is 15.6 Å². The van der Waals surface area contributed by atoms with Gasteiger partial charge in [0.15, 0.2) is 0 Å². The number of amides is 2. The van der Waals surface area contributed by atoms with E-state index in [0.29, 0.717) is 0 Å². The molecule has 2 heterocycles. The summed E-state index contributed by atoms with van der Waals surface area (Å²) >= 11 is 11.9. The summed E-state index contributed by atoms with van der Waals surface area (Å²) < 4.78 is 40.1. The third-order valence-electron chi connectivity index (χ3n) is 4.43. The smallest absolute Gasteiger partial charge is 0.381 e. The van der Waals surface area contributed by atoms with E-state index in [2.05, 4.69) is 5.16 Å². The zero-order chi connectivity index (χ0) is 20.2. The van der Waals surface area contributed by atoms with Crippen LogP contribution in [0.25, 0.3) is 0 Å². The van der Waals surface area contributed by atoms with Crippen LogP contribution < -0.4 is 4.90 Å². The van der Waals surface area contributed by atoms with E-state index in [9.17, 15) is 22.8 Å². The zero-order valence-corrected chi connectivity index (χ0v) is 15.2. The minimum atomic E-state index is -4.66. The number of carbonyl (C=O) groups excluding carboxylic acids is 2. The van der Waals surface area contributed by atoms with E-state index in [4.69, 9.17) is 28.0 Å². The van der Waals surface area contributed by atoms with Crippen molar-refractivity contribution < 1.29 is 27.6 Å². The first kappa shape index (κ1) is 18.8. The number of fused-ring (bicyclic) bond motifs is 1. The number of anilines is 1. The van der Waals surface area contributed by atoms with Crippen molar-refractivity contribution in [3.8, 4) is 0 Å². The van der Waals surface area contributed by atoms with Crippen LogP contribution in [0.2, 0.25) is 10.0 Å². The summed E-state index contributed by atoms with van der Waals surface area (Å²) in [5, 5.41) is 4.01. The van der Waals surface area contributed by atoms with E-state index in [1.54, 1.807) is 0 Å². The fourth-order valence-corrected chi connectivity index (χ4v) is 3.79. The summed E-state index contributed by atoms with van der Waals surface area (Å²) in [4.78, 5) is 31.5. The zero-order valence-electron chi connectivity index (χ0n) is 13.7. The average Bonchev–Trinajstić information content (AvgIpc) is 3.14. The van der Waals surface area contributed by atoms with E-state index in [1.165, 1.54) is 36.4 Å². The van der Waals surface area contributed by atoms with E-state index < -0.39 is 35.6 Å². The SMILES string of the molecule is O=C1[C@H]2C(c3ccccc3C(F)(F)F)=NO[C@H]2C(=O)N1c1cc(Cl)cc(Cl)c1. The van der Waals surface area contributed by atoms with Gasteiger partial charge in [-0.15, -0.1) is 0 Å². The highest BCUT2D eigenvalue weighted by atomic mass is 35.5. The Labute approximate surface area is 166 Å². The van der Waals surface area contributed by atoms with Crippen molar-refractivity contribution in [2.24, 2.45) is 11.1 Å². The topological polar surface area (TPSA) is 59.0 Å². The lowest BCUT2D eigenvalue weighted by molar-refractivity contribution is -0.137. The maximum Gasteiger partial charge on any atom is 0.417 e. The molecule has 2 aliphatic heterocycles. The monoisotopic (exact) mass is 428 g/mol. The standard InChI is InChI=1S/C18H9Cl2F3N2O3/c19-8-5-9(20)7-10(6-8)25-16(26)13-14(24-28-15(13)17(25)27)11-3-1-2-4-12(11)18(21,22)23/h1-7,13,15H/t13-,15+/m0/s1. The molecule has 2 atom stereocenters. The lowest BCUT2D eigenvalue weighted by Crippen LogP contribution is -2.33. The second kappa shape index (κ2) is 6.49. The second-order valence-electron chi connectivity index (χ2n) is 6.16. The molecule has 2 aromatic rings. The van der Waals surface area contributed by atoms with Gasteiger partial charge in [-0.25, -0.2) is 4.90 Å². The molecule has 0 unspecified atom stereocenters. The van der Waals surface area contributed by atoms with E-state index in [-0.39, 0.29) is 27.0 Å². The van der Waals surface area contributed by atoms with Crippen molar-refractivity contribution in [3.05, 3.63) is 63.6 Å². The van der Waals surface area contributed by atoms with Gasteiger partial charge in [0.2, 0.25) is 12.0 Å². The maximum absolute atomic E-state index is 13.4. The Kier molecular flexibility index (Phi) is 4.35. The molecule has 1 fully saturated rings. The van der Waals surface area contributed by atoms with E-state index in [0.717, 1.165) is 11.0 Å². The largest absolute Gasteiger partial charge is 0.417 e. The highest BCUT2D eigenvalue weighted by molar-refractivity contribution is 6.37. The number of rotatable bonds is 2. The van der Waals surface area contributed by atoms with Crippen molar-refractivity contribution in [2.75, 3.05) is 4.90 Å². The molecule has 28 heavy (non-hydrogen) atoms. The number of imide groups is 1. The van der Waals surface area contributed by atoms with Crippen molar-refractivity contribution in [3.63, 3.8) is 0 Å². The van der Waals surface area contributed by atoms with Gasteiger partial charge < -0.3 is 4.84 Å². The van der Waals surface area contributed by atoms with E-state index in [1.807, 2.05) is 0 Å². The highest BCUT2D eigenvalue weighted by Crippen LogP contribution is 2.40. The van der Waals surface area contributed by atoms with Crippen LogP contribution in [0.15, 0.2) is 47.6 Å². The van der Waals surface area contributed by atoms with Crippen molar-refractivity contribution in [2.45, 2.75) is 12.3 Å². The molecule has 0 bridgehead atoms. The minimum absolute atomic E-state index is 0.106. The normalized spacial score (nSPS) is 21.6. The van der Waals surface area contributed by atoms with Crippen LogP contribution in [-0.2, 0) is 20.6 Å². The van der Waals surface area contributed by atoms with Gasteiger partial charge in [-0.05, 0) is 24.3 Å². The third-order valence-corrected chi connectivity index (χ3v) is 4.86. The van der Waals surface area contributed by atoms with Gasteiger partial charge in [0.1, 0.15) is 11.6 Å². The van der Waals surface area contributed by atoms with Crippen molar-refractivity contribution in [1.82, 2.24) is 0 Å². The molecule has 144 valence electrons. The Balaban J connectivity index is 1.76. The average molecular weight is 429 g/mol. The molecule has 0 N–H and O–H groups in total. The molecule has 0 saturated carbocycles. The van der Waals surface area contributed by atoms with Crippen LogP contribution in [0, 0.1) is 5.92 Å². The number of halogens is 5. The van der Waals surface area contributed by atoms with Crippen LogP contribution in [0.4, 0.5) is 18.9 Å². The van der Waals surface area contributed by atoms with Crippen LogP contribution in [0.1, 0.15) is 11.1 Å². The summed E-state index contributed by atoms with van der Waals surface area (Å²) in [6.07, 6.45) is -6.01. The third kappa shape index (κ3) is 2.93. The van der Waals surface area contributed by atoms with Crippen LogP contribution in [0.5, 0.6) is 0 Å². The van der Waals surface area contributed by atoms with Crippen molar-refractivity contribution in [1.29, 1.82) is 0 Å². The quantitative estimate of drug-likeness (QED) is 0.669. The summed E-state index contributed by atoms with van der Waals surface area (Å²) in [6, 6.07) is 8.79. The molecular formula is C18H9Cl2F3N2O3. The van der Waals surface area contributed by atoms with Crippen molar-refractivity contribution >= 4 is 46.4 Å². The Hall–Kier alpha value is -2.58. The summed E-state index contributed by atoms with van der Waals surface area (Å²) in [5.41, 5.74) is -1.42. The Morgan fingerprint density at radius 2 is 1.64 bits per heavy atom. The van der Waals surface area contributed by atoms with E-state index >= 15 is 0 Å². The molecule has 2 aromatic carbocycles. The number of oxime groups is 1. The number of hydrogen-bond donors (Lipinski definition) is 0. The Morgan fingerprint density at radius 3 is 2.29 bits per heavy atom. The number of hydrogen-bond acceptors (Lipinski definition) is 4. The molecule has 0 radical (unpaired) electrons. The van der Waals surface area contributed by atoms with Gasteiger partial charge in [-0.2, -0.15) is 13.2 Å². The molecule has 1 saturated heterocycles. The van der Waals surface area contributed by atoms with Gasteiger partial charge in [-0.3, -0.25) is 9.59 Å². The van der Waals surface area contributed by atoms with Gasteiger partial charge >= 0.3 is 6.18 Å². The first-order valence-electron chi connectivity index (χ1n) is 7.92. The molecule has 0 spiro atoms. The maximum atomic E-state index is 13.4. The number of benzene rings is 2. The predicted molar refractivity (Wildman–Crippen MR) is 95.3 cm³/mol. The number of carbonyl (C=O) groups is 2. The molecule has 5 nitrogen and oxygen atoms in total. The fraction of sp³-hybridized carbons (Fsp3) is 0.167. The molecule has 0 aromatic heterocycles. The Bertz CT molecular complexity index is 1020. The van der Waals surface area contributed by atoms with Crippen LogP contribution in [0.3, 0.4) is 0 Å². The summed E-state index contributed by atoms with van der Waals surface area (Å²) in [7, 11) is 0. The number of alkyl halides is 3. The molecule has 10 heteroatoms. The van der Waals surface area contributed by atoms with Crippen LogP contribution >= 0.6 is 23.2 Å². The first-order valence-corrected chi connectivity index (χ1v) is 8.68. The summed E-state index contributed by atoms with van der Waals surface area (Å²) in [5.74, 6) is -2.81. The molecule has 4 rings (SSSR count).